The van der Waals surface area contributed by atoms with E-state index in [9.17, 15) is 0 Å². The molecule has 0 saturated carbocycles. The van der Waals surface area contributed by atoms with Crippen LogP contribution in [0.5, 0.6) is 0 Å². The molecule has 0 aromatic carbocycles. The SMILES string of the molecule is CC(C)c1nn(C)c(N(C)C)c1CN[C@H]1CCN2CCCC[C@@H]12. The molecule has 2 atom stereocenters. The number of hydrogen-bond donors (Lipinski definition) is 1. The number of nitrogens with one attached hydrogen (secondary N) is 1. The zero-order chi connectivity index (χ0) is 16.6. The Labute approximate surface area is 141 Å². The second-order valence-electron chi connectivity index (χ2n) is 7.74. The summed E-state index contributed by atoms with van der Waals surface area (Å²) in [7, 11) is 6.29. The van der Waals surface area contributed by atoms with Crippen molar-refractivity contribution in [2.24, 2.45) is 7.05 Å². The molecule has 23 heavy (non-hydrogen) atoms. The topological polar surface area (TPSA) is 36.3 Å². The van der Waals surface area contributed by atoms with Crippen LogP contribution in [0.15, 0.2) is 0 Å². The third-order valence-electron chi connectivity index (χ3n) is 5.51. The van der Waals surface area contributed by atoms with Crippen LogP contribution >= 0.6 is 0 Å². The number of fused-ring (bicyclic) bond motifs is 1. The Hall–Kier alpha value is -1.07. The molecule has 2 aliphatic heterocycles. The summed E-state index contributed by atoms with van der Waals surface area (Å²) < 4.78 is 2.04. The number of aromatic nitrogens is 2. The van der Waals surface area contributed by atoms with Gasteiger partial charge < -0.3 is 10.2 Å². The van der Waals surface area contributed by atoms with Gasteiger partial charge in [-0.2, -0.15) is 5.10 Å². The minimum absolute atomic E-state index is 0.460. The van der Waals surface area contributed by atoms with Crippen molar-refractivity contribution in [1.29, 1.82) is 0 Å². The first-order chi connectivity index (χ1) is 11.0. The van der Waals surface area contributed by atoms with Gasteiger partial charge in [0.05, 0.1) is 5.69 Å². The van der Waals surface area contributed by atoms with Crippen LogP contribution in [0.4, 0.5) is 5.82 Å². The fraction of sp³-hybridized carbons (Fsp3) is 0.833. The molecule has 2 saturated heterocycles. The Morgan fingerprint density at radius 3 is 2.70 bits per heavy atom. The van der Waals surface area contributed by atoms with Crippen LogP contribution in [0.3, 0.4) is 0 Å². The molecule has 0 unspecified atom stereocenters. The average molecular weight is 319 g/mol. The average Bonchev–Trinajstić information content (AvgIpc) is 3.06. The molecule has 0 bridgehead atoms. The van der Waals surface area contributed by atoms with Crippen molar-refractivity contribution in [3.63, 3.8) is 0 Å². The van der Waals surface area contributed by atoms with Gasteiger partial charge in [0.15, 0.2) is 0 Å². The van der Waals surface area contributed by atoms with E-state index in [1.165, 1.54) is 55.8 Å². The molecule has 3 heterocycles. The van der Waals surface area contributed by atoms with Gasteiger partial charge in [0.2, 0.25) is 0 Å². The number of anilines is 1. The molecule has 5 nitrogen and oxygen atoms in total. The normalized spacial score (nSPS) is 25.1. The minimum atomic E-state index is 0.460. The summed E-state index contributed by atoms with van der Waals surface area (Å²) in [6, 6.07) is 1.40. The second kappa shape index (κ2) is 6.81. The van der Waals surface area contributed by atoms with Gasteiger partial charge in [0.25, 0.3) is 0 Å². The van der Waals surface area contributed by atoms with Gasteiger partial charge in [0, 0.05) is 51.9 Å². The van der Waals surface area contributed by atoms with Crippen LogP contribution in [0.25, 0.3) is 0 Å². The quantitative estimate of drug-likeness (QED) is 0.904. The van der Waals surface area contributed by atoms with Crippen LogP contribution < -0.4 is 10.2 Å². The van der Waals surface area contributed by atoms with Gasteiger partial charge >= 0.3 is 0 Å². The summed E-state index contributed by atoms with van der Waals surface area (Å²) >= 11 is 0. The molecule has 2 fully saturated rings. The zero-order valence-electron chi connectivity index (χ0n) is 15.5. The maximum atomic E-state index is 4.78. The maximum absolute atomic E-state index is 4.78. The van der Waals surface area contributed by atoms with Gasteiger partial charge in [-0.25, -0.2) is 0 Å². The summed E-state index contributed by atoms with van der Waals surface area (Å²) in [5.74, 6) is 1.70. The molecule has 1 N–H and O–H groups in total. The molecule has 1 aromatic rings. The molecule has 0 radical (unpaired) electrons. The van der Waals surface area contributed by atoms with Crippen molar-refractivity contribution in [1.82, 2.24) is 20.0 Å². The lowest BCUT2D eigenvalue weighted by atomic mass is 9.98. The molecule has 3 rings (SSSR count). The molecule has 1 aromatic heterocycles. The largest absolute Gasteiger partial charge is 0.363 e. The summed E-state index contributed by atoms with van der Waals surface area (Å²) in [5, 5.41) is 8.66. The lowest BCUT2D eigenvalue weighted by molar-refractivity contribution is 0.180. The Morgan fingerprint density at radius 2 is 2.00 bits per heavy atom. The third kappa shape index (κ3) is 3.26. The molecule has 0 spiro atoms. The predicted molar refractivity (Wildman–Crippen MR) is 96.1 cm³/mol. The summed E-state index contributed by atoms with van der Waals surface area (Å²) in [4.78, 5) is 4.89. The van der Waals surface area contributed by atoms with Crippen LogP contribution in [-0.2, 0) is 13.6 Å². The fourth-order valence-electron chi connectivity index (χ4n) is 4.49. The second-order valence-corrected chi connectivity index (χ2v) is 7.74. The Kier molecular flexibility index (Phi) is 4.97. The van der Waals surface area contributed by atoms with Crippen LogP contribution in [0, 0.1) is 0 Å². The third-order valence-corrected chi connectivity index (χ3v) is 5.51. The van der Waals surface area contributed by atoms with Crippen molar-refractivity contribution in [3.8, 4) is 0 Å². The van der Waals surface area contributed by atoms with Crippen molar-refractivity contribution < 1.29 is 0 Å². The van der Waals surface area contributed by atoms with E-state index in [0.29, 0.717) is 12.0 Å². The van der Waals surface area contributed by atoms with E-state index in [1.807, 2.05) is 4.68 Å². The molecule has 130 valence electrons. The molecular formula is C18H33N5. The number of nitrogens with zero attached hydrogens (tertiary/aromatic N) is 4. The Balaban J connectivity index is 1.75. The highest BCUT2D eigenvalue weighted by Gasteiger charge is 2.35. The molecule has 0 aliphatic carbocycles. The monoisotopic (exact) mass is 319 g/mol. The first-order valence-corrected chi connectivity index (χ1v) is 9.19. The van der Waals surface area contributed by atoms with Crippen molar-refractivity contribution >= 4 is 5.82 Å². The van der Waals surface area contributed by atoms with Crippen LogP contribution in [-0.4, -0.2) is 53.9 Å². The highest BCUT2D eigenvalue weighted by molar-refractivity contribution is 5.50. The van der Waals surface area contributed by atoms with Crippen molar-refractivity contribution in [2.45, 2.75) is 64.1 Å². The lowest BCUT2D eigenvalue weighted by Gasteiger charge is -2.32. The van der Waals surface area contributed by atoms with Gasteiger partial charge in [0.1, 0.15) is 5.82 Å². The van der Waals surface area contributed by atoms with E-state index in [0.717, 1.165) is 12.6 Å². The van der Waals surface area contributed by atoms with E-state index < -0.39 is 0 Å². The molecule has 5 heteroatoms. The number of piperidine rings is 1. The standard InChI is InChI=1S/C18H33N5/c1-13(2)17-14(18(21(3)4)22(5)20-17)12-19-15-9-11-23-10-7-6-8-16(15)23/h13,15-16,19H,6-12H2,1-5H3/t15-,16-/m0/s1. The first kappa shape index (κ1) is 16.8. The summed E-state index contributed by atoms with van der Waals surface area (Å²) in [6.07, 6.45) is 5.43. The predicted octanol–water partition coefficient (Wildman–Crippen LogP) is 2.33. The lowest BCUT2D eigenvalue weighted by Crippen LogP contribution is -2.44. The molecule has 2 aliphatic rings. The van der Waals surface area contributed by atoms with Gasteiger partial charge in [-0.15, -0.1) is 0 Å². The van der Waals surface area contributed by atoms with Gasteiger partial charge in [-0.3, -0.25) is 9.58 Å². The zero-order valence-corrected chi connectivity index (χ0v) is 15.5. The highest BCUT2D eigenvalue weighted by atomic mass is 15.4. The molecular weight excluding hydrogens is 286 g/mol. The van der Waals surface area contributed by atoms with E-state index in [1.54, 1.807) is 0 Å². The van der Waals surface area contributed by atoms with Crippen molar-refractivity contribution in [3.05, 3.63) is 11.3 Å². The van der Waals surface area contributed by atoms with Gasteiger partial charge in [-0.1, -0.05) is 20.3 Å². The first-order valence-electron chi connectivity index (χ1n) is 9.19. The van der Waals surface area contributed by atoms with Gasteiger partial charge in [-0.05, 0) is 31.7 Å². The number of hydrogen-bond acceptors (Lipinski definition) is 4. The van der Waals surface area contributed by atoms with Crippen LogP contribution in [0.2, 0.25) is 0 Å². The number of rotatable bonds is 5. The van der Waals surface area contributed by atoms with E-state index in [-0.39, 0.29) is 0 Å². The van der Waals surface area contributed by atoms with E-state index in [2.05, 4.69) is 50.1 Å². The Morgan fingerprint density at radius 1 is 1.22 bits per heavy atom. The molecule has 0 amide bonds. The van der Waals surface area contributed by atoms with E-state index >= 15 is 0 Å². The summed E-state index contributed by atoms with van der Waals surface area (Å²) in [5.41, 5.74) is 2.61. The summed E-state index contributed by atoms with van der Waals surface area (Å²) in [6.45, 7) is 7.99. The smallest absolute Gasteiger partial charge is 0.130 e. The fourth-order valence-corrected chi connectivity index (χ4v) is 4.49. The highest BCUT2D eigenvalue weighted by Crippen LogP contribution is 2.30. The maximum Gasteiger partial charge on any atom is 0.130 e. The van der Waals surface area contributed by atoms with Crippen LogP contribution in [0.1, 0.15) is 56.7 Å². The van der Waals surface area contributed by atoms with E-state index in [4.69, 9.17) is 5.10 Å². The number of aryl methyl sites for hydroxylation is 1. The Bertz CT molecular complexity index is 534. The van der Waals surface area contributed by atoms with Crippen molar-refractivity contribution in [2.75, 3.05) is 32.1 Å². The minimum Gasteiger partial charge on any atom is -0.363 e.